The third kappa shape index (κ3) is 3.70. The van der Waals surface area contributed by atoms with Crippen LogP contribution in [0.4, 0.5) is 5.82 Å². The zero-order valence-electron chi connectivity index (χ0n) is 9.07. The monoisotopic (exact) mass is 194 g/mol. The van der Waals surface area contributed by atoms with Gasteiger partial charge >= 0.3 is 0 Å². The molecule has 78 valence electrons. The van der Waals surface area contributed by atoms with Crippen LogP contribution in [0.5, 0.6) is 0 Å². The molecule has 4 heteroatoms. The van der Waals surface area contributed by atoms with E-state index in [2.05, 4.69) is 34.0 Å². The van der Waals surface area contributed by atoms with Crippen molar-refractivity contribution in [2.24, 2.45) is 0 Å². The fourth-order valence-electron chi connectivity index (χ4n) is 1.14. The first kappa shape index (κ1) is 10.9. The van der Waals surface area contributed by atoms with Crippen LogP contribution in [-0.2, 0) is 0 Å². The van der Waals surface area contributed by atoms with Crippen molar-refractivity contribution in [2.75, 3.05) is 25.0 Å². The van der Waals surface area contributed by atoms with Gasteiger partial charge in [-0.05, 0) is 6.07 Å². The standard InChI is InChI=1S/C10H18N4/c1-9(2)12-6-7-14(3)10-4-5-11-8-13-10/h4-5,8-9,12H,6-7H2,1-3H3. The van der Waals surface area contributed by atoms with Gasteiger partial charge in [0, 0.05) is 32.4 Å². The minimum atomic E-state index is 0.536. The highest BCUT2D eigenvalue weighted by atomic mass is 15.2. The third-order valence-corrected chi connectivity index (χ3v) is 1.96. The summed E-state index contributed by atoms with van der Waals surface area (Å²) in [5, 5.41) is 3.36. The molecule has 0 atom stereocenters. The average Bonchev–Trinajstić information content (AvgIpc) is 2.18. The predicted molar refractivity (Wildman–Crippen MR) is 58.4 cm³/mol. The largest absolute Gasteiger partial charge is 0.358 e. The van der Waals surface area contributed by atoms with Gasteiger partial charge in [-0.15, -0.1) is 0 Å². The molecule has 14 heavy (non-hydrogen) atoms. The van der Waals surface area contributed by atoms with Gasteiger partial charge in [0.1, 0.15) is 12.1 Å². The quantitative estimate of drug-likeness (QED) is 0.756. The second-order valence-corrected chi connectivity index (χ2v) is 3.60. The van der Waals surface area contributed by atoms with Gasteiger partial charge in [-0.1, -0.05) is 13.8 Å². The van der Waals surface area contributed by atoms with E-state index in [9.17, 15) is 0 Å². The number of rotatable bonds is 5. The van der Waals surface area contributed by atoms with E-state index < -0.39 is 0 Å². The topological polar surface area (TPSA) is 41.0 Å². The number of hydrogen-bond donors (Lipinski definition) is 1. The smallest absolute Gasteiger partial charge is 0.131 e. The molecule has 0 unspecified atom stereocenters. The molecule has 0 saturated carbocycles. The van der Waals surface area contributed by atoms with Gasteiger partial charge in [-0.3, -0.25) is 0 Å². The maximum Gasteiger partial charge on any atom is 0.131 e. The molecule has 0 aliphatic carbocycles. The molecule has 0 spiro atoms. The third-order valence-electron chi connectivity index (χ3n) is 1.96. The Bertz CT molecular complexity index is 248. The summed E-state index contributed by atoms with van der Waals surface area (Å²) in [4.78, 5) is 10.2. The Morgan fingerprint density at radius 3 is 2.86 bits per heavy atom. The SMILES string of the molecule is CC(C)NCCN(C)c1ccncn1. The van der Waals surface area contributed by atoms with Gasteiger partial charge in [-0.25, -0.2) is 9.97 Å². The molecule has 0 fully saturated rings. The van der Waals surface area contributed by atoms with Gasteiger partial charge in [0.05, 0.1) is 0 Å². The molecule has 4 nitrogen and oxygen atoms in total. The van der Waals surface area contributed by atoms with E-state index in [0.717, 1.165) is 18.9 Å². The van der Waals surface area contributed by atoms with E-state index >= 15 is 0 Å². The first-order chi connectivity index (χ1) is 6.70. The minimum Gasteiger partial charge on any atom is -0.358 e. The van der Waals surface area contributed by atoms with Crippen molar-refractivity contribution in [2.45, 2.75) is 19.9 Å². The van der Waals surface area contributed by atoms with Crippen LogP contribution in [0.2, 0.25) is 0 Å². The lowest BCUT2D eigenvalue weighted by atomic mass is 10.4. The summed E-state index contributed by atoms with van der Waals surface area (Å²) in [5.41, 5.74) is 0. The van der Waals surface area contributed by atoms with Crippen molar-refractivity contribution >= 4 is 5.82 Å². The van der Waals surface area contributed by atoms with Crippen LogP contribution in [0, 0.1) is 0 Å². The molecule has 0 aromatic carbocycles. The molecule has 0 radical (unpaired) electrons. The minimum absolute atomic E-state index is 0.536. The van der Waals surface area contributed by atoms with Crippen molar-refractivity contribution in [3.8, 4) is 0 Å². The maximum atomic E-state index is 4.16. The van der Waals surface area contributed by atoms with Gasteiger partial charge in [0.15, 0.2) is 0 Å². The van der Waals surface area contributed by atoms with Crippen LogP contribution in [-0.4, -0.2) is 36.1 Å². The molecule has 0 saturated heterocycles. The summed E-state index contributed by atoms with van der Waals surface area (Å²) in [6.45, 7) is 6.21. The van der Waals surface area contributed by atoms with Crippen molar-refractivity contribution in [1.82, 2.24) is 15.3 Å². The lowest BCUT2D eigenvalue weighted by Gasteiger charge is -2.18. The molecule has 1 heterocycles. The Morgan fingerprint density at radius 2 is 2.29 bits per heavy atom. The molecule has 0 aliphatic rings. The Balaban J connectivity index is 2.32. The second-order valence-electron chi connectivity index (χ2n) is 3.60. The normalized spacial score (nSPS) is 10.6. The molecule has 0 aliphatic heterocycles. The molecule has 1 rings (SSSR count). The first-order valence-corrected chi connectivity index (χ1v) is 4.90. The summed E-state index contributed by atoms with van der Waals surface area (Å²) in [5.74, 6) is 0.963. The average molecular weight is 194 g/mol. The summed E-state index contributed by atoms with van der Waals surface area (Å²) in [6.07, 6.45) is 3.33. The zero-order chi connectivity index (χ0) is 10.4. The van der Waals surface area contributed by atoms with E-state index in [4.69, 9.17) is 0 Å². The van der Waals surface area contributed by atoms with Crippen LogP contribution in [0.25, 0.3) is 0 Å². The Morgan fingerprint density at radius 1 is 1.50 bits per heavy atom. The predicted octanol–water partition coefficient (Wildman–Crippen LogP) is 0.911. The molecular weight excluding hydrogens is 176 g/mol. The van der Waals surface area contributed by atoms with Gasteiger partial charge < -0.3 is 10.2 Å². The number of likely N-dealkylation sites (N-methyl/N-ethyl adjacent to an activating group) is 1. The van der Waals surface area contributed by atoms with E-state index in [-0.39, 0.29) is 0 Å². The highest BCUT2D eigenvalue weighted by Crippen LogP contribution is 2.03. The van der Waals surface area contributed by atoms with Gasteiger partial charge in [-0.2, -0.15) is 0 Å². The molecule has 1 aromatic rings. The van der Waals surface area contributed by atoms with Crippen molar-refractivity contribution in [1.29, 1.82) is 0 Å². The molecule has 0 bridgehead atoms. The van der Waals surface area contributed by atoms with Gasteiger partial charge in [0.25, 0.3) is 0 Å². The Hall–Kier alpha value is -1.16. The Labute approximate surface area is 85.4 Å². The molecule has 0 amide bonds. The summed E-state index contributed by atoms with van der Waals surface area (Å²) in [6, 6.07) is 2.45. The van der Waals surface area contributed by atoms with Crippen LogP contribution >= 0.6 is 0 Å². The van der Waals surface area contributed by atoms with Crippen LogP contribution in [0.1, 0.15) is 13.8 Å². The molecular formula is C10H18N4. The fourth-order valence-corrected chi connectivity index (χ4v) is 1.14. The van der Waals surface area contributed by atoms with Crippen molar-refractivity contribution in [3.05, 3.63) is 18.6 Å². The number of aromatic nitrogens is 2. The summed E-state index contributed by atoms with van der Waals surface area (Å²) in [7, 11) is 2.03. The lowest BCUT2D eigenvalue weighted by molar-refractivity contribution is 0.588. The van der Waals surface area contributed by atoms with E-state index in [1.54, 1.807) is 12.5 Å². The number of nitrogens with one attached hydrogen (secondary N) is 1. The van der Waals surface area contributed by atoms with Crippen molar-refractivity contribution < 1.29 is 0 Å². The highest BCUT2D eigenvalue weighted by Gasteiger charge is 2.00. The van der Waals surface area contributed by atoms with E-state index in [0.29, 0.717) is 6.04 Å². The van der Waals surface area contributed by atoms with E-state index in [1.165, 1.54) is 0 Å². The summed E-state index contributed by atoms with van der Waals surface area (Å²) >= 11 is 0. The summed E-state index contributed by atoms with van der Waals surface area (Å²) < 4.78 is 0. The molecule has 1 aromatic heterocycles. The Kier molecular flexibility index (Phi) is 4.32. The first-order valence-electron chi connectivity index (χ1n) is 4.90. The highest BCUT2D eigenvalue weighted by molar-refractivity contribution is 5.34. The number of hydrogen-bond acceptors (Lipinski definition) is 4. The lowest BCUT2D eigenvalue weighted by Crippen LogP contribution is -2.33. The van der Waals surface area contributed by atoms with Crippen molar-refractivity contribution in [3.63, 3.8) is 0 Å². The number of nitrogens with zero attached hydrogens (tertiary/aromatic N) is 3. The maximum absolute atomic E-state index is 4.16. The van der Waals surface area contributed by atoms with Crippen LogP contribution in [0.3, 0.4) is 0 Å². The second kappa shape index (κ2) is 5.54. The van der Waals surface area contributed by atoms with E-state index in [1.807, 2.05) is 13.1 Å². The van der Waals surface area contributed by atoms with Gasteiger partial charge in [0.2, 0.25) is 0 Å². The molecule has 1 N–H and O–H groups in total. The van der Waals surface area contributed by atoms with Crippen LogP contribution in [0.15, 0.2) is 18.6 Å². The zero-order valence-corrected chi connectivity index (χ0v) is 9.07. The fraction of sp³-hybridized carbons (Fsp3) is 0.600. The van der Waals surface area contributed by atoms with Crippen LogP contribution < -0.4 is 10.2 Å². The number of anilines is 1.